The number of carbonyl (C=O) groups is 1. The molecule has 3 aromatic rings. The molecule has 0 aliphatic rings. The second-order valence-electron chi connectivity index (χ2n) is 4.77. The van der Waals surface area contributed by atoms with E-state index in [1.165, 1.54) is 11.3 Å². The number of benzene rings is 1. The van der Waals surface area contributed by atoms with E-state index in [1.807, 2.05) is 60.1 Å². The van der Waals surface area contributed by atoms with Gasteiger partial charge in [-0.15, -0.1) is 22.7 Å². The van der Waals surface area contributed by atoms with Crippen molar-refractivity contribution < 1.29 is 4.79 Å². The van der Waals surface area contributed by atoms with Gasteiger partial charge in [-0.3, -0.25) is 4.79 Å². The third-order valence-corrected chi connectivity index (χ3v) is 5.26. The van der Waals surface area contributed by atoms with Gasteiger partial charge in [0.2, 0.25) is 0 Å². The van der Waals surface area contributed by atoms with Gasteiger partial charge >= 0.3 is 0 Å². The number of hydrogen-bond donors (Lipinski definition) is 1. The maximum atomic E-state index is 12.5. The molecule has 0 saturated carbocycles. The maximum Gasteiger partial charge on any atom is 0.262 e. The topological polar surface area (TPSA) is 29.1 Å². The molecular formula is C17H15NOS2. The number of aryl methyl sites for hydroxylation is 1. The zero-order chi connectivity index (χ0) is 14.7. The lowest BCUT2D eigenvalue weighted by atomic mass is 10.1. The molecule has 2 aromatic heterocycles. The average Bonchev–Trinajstić information content (AvgIpc) is 3.17. The van der Waals surface area contributed by atoms with Crippen molar-refractivity contribution in [2.75, 3.05) is 0 Å². The predicted octanol–water partition coefficient (Wildman–Crippen LogP) is 4.64. The lowest BCUT2D eigenvalue weighted by molar-refractivity contribution is 0.0947. The lowest BCUT2D eigenvalue weighted by Gasteiger charge is -2.18. The largest absolute Gasteiger partial charge is 0.340 e. The van der Waals surface area contributed by atoms with Crippen molar-refractivity contribution in [3.63, 3.8) is 0 Å². The molecule has 106 valence electrons. The minimum absolute atomic E-state index is 0.00949. The molecule has 1 atom stereocenters. The normalized spacial score (nSPS) is 12.0. The van der Waals surface area contributed by atoms with Crippen molar-refractivity contribution in [3.05, 3.63) is 80.2 Å². The van der Waals surface area contributed by atoms with Crippen LogP contribution in [0.3, 0.4) is 0 Å². The zero-order valence-corrected chi connectivity index (χ0v) is 13.2. The first kappa shape index (κ1) is 14.0. The number of nitrogens with one attached hydrogen (secondary N) is 1. The molecule has 0 aliphatic carbocycles. The van der Waals surface area contributed by atoms with Gasteiger partial charge in [-0.25, -0.2) is 0 Å². The number of thiophene rings is 2. The first-order valence-corrected chi connectivity index (χ1v) is 8.45. The Morgan fingerprint density at radius 2 is 1.81 bits per heavy atom. The summed E-state index contributed by atoms with van der Waals surface area (Å²) >= 11 is 3.14. The number of rotatable bonds is 4. The summed E-state index contributed by atoms with van der Waals surface area (Å²) in [5.41, 5.74) is 2.12. The molecule has 2 heterocycles. The molecule has 21 heavy (non-hydrogen) atoms. The van der Waals surface area contributed by atoms with Gasteiger partial charge in [0.25, 0.3) is 5.91 Å². The SMILES string of the molecule is Cc1ccsc1C(=O)N[C@@H](c1ccccc1)c1cccs1. The summed E-state index contributed by atoms with van der Waals surface area (Å²) in [5, 5.41) is 7.15. The molecule has 1 N–H and O–H groups in total. The summed E-state index contributed by atoms with van der Waals surface area (Å²) in [6.07, 6.45) is 0. The molecule has 2 nitrogen and oxygen atoms in total. The zero-order valence-electron chi connectivity index (χ0n) is 11.6. The highest BCUT2D eigenvalue weighted by molar-refractivity contribution is 7.12. The molecule has 3 rings (SSSR count). The summed E-state index contributed by atoms with van der Waals surface area (Å²) in [6.45, 7) is 1.97. The van der Waals surface area contributed by atoms with Gasteiger partial charge in [0.05, 0.1) is 10.9 Å². The molecule has 0 radical (unpaired) electrons. The summed E-state index contributed by atoms with van der Waals surface area (Å²) < 4.78 is 0. The van der Waals surface area contributed by atoms with Crippen molar-refractivity contribution in [2.45, 2.75) is 13.0 Å². The fraction of sp³-hybridized carbons (Fsp3) is 0.118. The van der Waals surface area contributed by atoms with Crippen LogP contribution in [0, 0.1) is 6.92 Å². The third kappa shape index (κ3) is 3.06. The van der Waals surface area contributed by atoms with Crippen LogP contribution in [0.2, 0.25) is 0 Å². The Morgan fingerprint density at radius 1 is 1.00 bits per heavy atom. The van der Waals surface area contributed by atoms with Crippen LogP contribution in [0.25, 0.3) is 0 Å². The van der Waals surface area contributed by atoms with Crippen molar-refractivity contribution in [3.8, 4) is 0 Å². The second kappa shape index (κ2) is 6.24. The molecule has 0 aliphatic heterocycles. The molecule has 1 aromatic carbocycles. The van der Waals surface area contributed by atoms with Crippen LogP contribution in [-0.4, -0.2) is 5.91 Å². The predicted molar refractivity (Wildman–Crippen MR) is 89.1 cm³/mol. The number of carbonyl (C=O) groups excluding carboxylic acids is 1. The van der Waals surface area contributed by atoms with E-state index in [2.05, 4.69) is 11.4 Å². The molecule has 0 saturated heterocycles. The van der Waals surface area contributed by atoms with E-state index in [-0.39, 0.29) is 11.9 Å². The van der Waals surface area contributed by atoms with Crippen molar-refractivity contribution >= 4 is 28.6 Å². The Hall–Kier alpha value is -1.91. The van der Waals surface area contributed by atoms with Gasteiger partial charge in [-0.1, -0.05) is 36.4 Å². The standard InChI is InChI=1S/C17H15NOS2/c1-12-9-11-21-16(12)17(19)18-15(14-8-5-10-20-14)13-6-3-2-4-7-13/h2-11,15H,1H3,(H,18,19)/t15-/m0/s1. The Bertz CT molecular complexity index is 716. The molecule has 0 spiro atoms. The van der Waals surface area contributed by atoms with Crippen molar-refractivity contribution in [2.24, 2.45) is 0 Å². The highest BCUT2D eigenvalue weighted by atomic mass is 32.1. The van der Waals surface area contributed by atoms with Crippen LogP contribution < -0.4 is 5.32 Å². The van der Waals surface area contributed by atoms with Crippen molar-refractivity contribution in [1.82, 2.24) is 5.32 Å². The van der Waals surface area contributed by atoms with Crippen LogP contribution >= 0.6 is 22.7 Å². The van der Waals surface area contributed by atoms with E-state index in [0.29, 0.717) is 0 Å². The van der Waals surface area contributed by atoms with Gasteiger partial charge in [-0.05, 0) is 40.9 Å². The summed E-state index contributed by atoms with van der Waals surface area (Å²) in [7, 11) is 0. The van der Waals surface area contributed by atoms with Crippen LogP contribution in [-0.2, 0) is 0 Å². The summed E-state index contributed by atoms with van der Waals surface area (Å²) in [4.78, 5) is 14.4. The molecule has 0 fully saturated rings. The number of amides is 1. The van der Waals surface area contributed by atoms with Crippen LogP contribution in [0.15, 0.2) is 59.3 Å². The van der Waals surface area contributed by atoms with E-state index in [4.69, 9.17) is 0 Å². The highest BCUT2D eigenvalue weighted by Crippen LogP contribution is 2.27. The average molecular weight is 313 g/mol. The number of hydrogen-bond acceptors (Lipinski definition) is 3. The Kier molecular flexibility index (Phi) is 4.18. The second-order valence-corrected chi connectivity index (χ2v) is 6.66. The summed E-state index contributed by atoms with van der Waals surface area (Å²) in [5.74, 6) is -0.00949. The smallest absolute Gasteiger partial charge is 0.262 e. The minimum Gasteiger partial charge on any atom is -0.340 e. The van der Waals surface area contributed by atoms with Gasteiger partial charge in [0, 0.05) is 4.88 Å². The van der Waals surface area contributed by atoms with Gasteiger partial charge in [-0.2, -0.15) is 0 Å². The first-order valence-electron chi connectivity index (χ1n) is 6.69. The quantitative estimate of drug-likeness (QED) is 0.747. The molecule has 1 amide bonds. The maximum absolute atomic E-state index is 12.5. The van der Waals surface area contributed by atoms with Crippen LogP contribution in [0.4, 0.5) is 0 Å². The van der Waals surface area contributed by atoms with E-state index in [1.54, 1.807) is 11.3 Å². The van der Waals surface area contributed by atoms with E-state index >= 15 is 0 Å². The molecule has 0 bridgehead atoms. The highest BCUT2D eigenvalue weighted by Gasteiger charge is 2.20. The fourth-order valence-corrected chi connectivity index (χ4v) is 3.85. The van der Waals surface area contributed by atoms with Gasteiger partial charge in [0.15, 0.2) is 0 Å². The van der Waals surface area contributed by atoms with Crippen molar-refractivity contribution in [1.29, 1.82) is 0 Å². The Morgan fingerprint density at radius 3 is 2.43 bits per heavy atom. The lowest BCUT2D eigenvalue weighted by Crippen LogP contribution is -2.28. The molecule has 0 unspecified atom stereocenters. The van der Waals surface area contributed by atoms with E-state index in [0.717, 1.165) is 20.9 Å². The van der Waals surface area contributed by atoms with Gasteiger partial charge < -0.3 is 5.32 Å². The fourth-order valence-electron chi connectivity index (χ4n) is 2.22. The van der Waals surface area contributed by atoms with Crippen LogP contribution in [0.5, 0.6) is 0 Å². The first-order chi connectivity index (χ1) is 10.3. The van der Waals surface area contributed by atoms with E-state index in [9.17, 15) is 4.79 Å². The third-order valence-electron chi connectivity index (χ3n) is 3.30. The van der Waals surface area contributed by atoms with E-state index < -0.39 is 0 Å². The summed E-state index contributed by atoms with van der Waals surface area (Å²) in [6, 6.07) is 16.0. The Labute approximate surface area is 132 Å². The Balaban J connectivity index is 1.91. The molecule has 4 heteroatoms. The monoisotopic (exact) mass is 313 g/mol. The van der Waals surface area contributed by atoms with Gasteiger partial charge in [0.1, 0.15) is 0 Å². The van der Waals surface area contributed by atoms with Crippen LogP contribution in [0.1, 0.15) is 31.7 Å². The minimum atomic E-state index is -0.0970. The molecular weight excluding hydrogens is 298 g/mol.